The van der Waals surface area contributed by atoms with Gasteiger partial charge in [0.15, 0.2) is 11.0 Å². The number of amides is 2. The molecule has 0 aliphatic rings. The molecular weight excluding hydrogens is 706 g/mol. The van der Waals surface area contributed by atoms with Crippen molar-refractivity contribution in [3.05, 3.63) is 87.2 Å². The number of hydrogen-bond donors (Lipinski definition) is 1. The maximum atomic E-state index is 15.6. The van der Waals surface area contributed by atoms with Gasteiger partial charge in [0, 0.05) is 10.7 Å². The Morgan fingerprint density at radius 2 is 1.59 bits per heavy atom. The normalized spacial score (nSPS) is 12.5. The van der Waals surface area contributed by atoms with Gasteiger partial charge in [-0.2, -0.15) is 43.9 Å². The quantitative estimate of drug-likeness (QED) is 0.122. The molecule has 1 heterocycles. The summed E-state index contributed by atoms with van der Waals surface area (Å²) >= 11 is 2.48. The van der Waals surface area contributed by atoms with Gasteiger partial charge in [-0.25, -0.2) is 9.37 Å². The first-order chi connectivity index (χ1) is 20.1. The summed E-state index contributed by atoms with van der Waals surface area (Å²) in [4.78, 5) is 29.8. The number of alkyl halides is 9. The Morgan fingerprint density at radius 3 is 2.09 bits per heavy atom. The molecule has 44 heavy (non-hydrogen) atoms. The van der Waals surface area contributed by atoms with Crippen LogP contribution in [-0.4, -0.2) is 35.7 Å². The first-order valence-electron chi connectivity index (χ1n) is 11.5. The van der Waals surface area contributed by atoms with Crippen molar-refractivity contribution in [3.63, 3.8) is 0 Å². The largest absolute Gasteiger partial charge is 0.418 e. The second-order valence-electron chi connectivity index (χ2n) is 8.74. The highest BCUT2D eigenvalue weighted by Crippen LogP contribution is 2.58. The average Bonchev–Trinajstić information content (AvgIpc) is 2.90. The van der Waals surface area contributed by atoms with E-state index in [1.54, 1.807) is 5.32 Å². The molecule has 1 N–H and O–H groups in total. The van der Waals surface area contributed by atoms with Crippen LogP contribution in [0.15, 0.2) is 53.1 Å². The van der Waals surface area contributed by atoms with E-state index >= 15 is 4.39 Å². The van der Waals surface area contributed by atoms with Crippen molar-refractivity contribution in [2.75, 3.05) is 16.8 Å². The first-order valence-corrected chi connectivity index (χ1v) is 12.8. The van der Waals surface area contributed by atoms with Crippen molar-refractivity contribution >= 4 is 48.4 Å². The molecule has 0 saturated carbocycles. The lowest BCUT2D eigenvalue weighted by atomic mass is 9.93. The van der Waals surface area contributed by atoms with Crippen molar-refractivity contribution < 1.29 is 57.9 Å². The van der Waals surface area contributed by atoms with Crippen molar-refractivity contribution in [1.29, 1.82) is 0 Å². The highest BCUT2D eigenvalue weighted by Gasteiger charge is 2.69. The third kappa shape index (κ3) is 6.66. The topological polar surface area (TPSA) is 62.3 Å². The molecule has 0 aliphatic carbocycles. The highest BCUT2D eigenvalue weighted by atomic mass is 79.9. The smallest absolute Gasteiger partial charge is 0.320 e. The second kappa shape index (κ2) is 12.3. The molecule has 3 aromatic rings. The van der Waals surface area contributed by atoms with Gasteiger partial charge >= 0.3 is 18.5 Å². The summed E-state index contributed by atoms with van der Waals surface area (Å²) < 4.78 is 151. The standard InChI is InChI=1S/C26H14BrF11N3O2P/c1-2-8-41(22(43)12-6-7-18(28)39-11-12)17-5-3-4-14(19(17)29)21(42)40-20-15(24(30,31)32)9-13(10-16(20)27)23(44,25(33,34)35)26(36,37)38/h1,3-7,9-11H,8,44H2,(H,40,42). The van der Waals surface area contributed by atoms with Gasteiger partial charge in [-0.15, -0.1) is 15.7 Å². The van der Waals surface area contributed by atoms with Gasteiger partial charge in [0.25, 0.3) is 11.8 Å². The van der Waals surface area contributed by atoms with Crippen molar-refractivity contribution in [1.82, 2.24) is 4.98 Å². The van der Waals surface area contributed by atoms with Gasteiger partial charge in [0.1, 0.15) is 0 Å². The van der Waals surface area contributed by atoms with Crippen LogP contribution >= 0.6 is 25.2 Å². The van der Waals surface area contributed by atoms with Crippen LogP contribution in [0.1, 0.15) is 31.8 Å². The molecule has 234 valence electrons. The summed E-state index contributed by atoms with van der Waals surface area (Å²) in [5, 5.41) is -3.18. The number of anilines is 2. The summed E-state index contributed by atoms with van der Waals surface area (Å²) in [7, 11) is 0.479. The minimum Gasteiger partial charge on any atom is -0.320 e. The molecule has 0 aliphatic heterocycles. The minimum absolute atomic E-state index is 0.0790. The van der Waals surface area contributed by atoms with E-state index in [-0.39, 0.29) is 11.6 Å². The van der Waals surface area contributed by atoms with E-state index in [9.17, 15) is 53.5 Å². The Morgan fingerprint density at radius 1 is 0.977 bits per heavy atom. The fourth-order valence-corrected chi connectivity index (χ4v) is 4.50. The van der Waals surface area contributed by atoms with Crippen LogP contribution in [0.5, 0.6) is 0 Å². The Kier molecular flexibility index (Phi) is 9.72. The summed E-state index contributed by atoms with van der Waals surface area (Å²) in [5.41, 5.74) is -7.26. The van der Waals surface area contributed by atoms with Gasteiger partial charge in [-0.05, 0) is 57.9 Å². The number of aromatic nitrogens is 1. The second-order valence-corrected chi connectivity index (χ2v) is 10.5. The highest BCUT2D eigenvalue weighted by molar-refractivity contribution is 9.10. The van der Waals surface area contributed by atoms with Crippen LogP contribution in [0.2, 0.25) is 0 Å². The molecule has 0 fully saturated rings. The van der Waals surface area contributed by atoms with Crippen LogP contribution in [0.4, 0.5) is 59.7 Å². The molecule has 18 heteroatoms. The SMILES string of the molecule is C#CCN(C(=O)c1ccc(F)nc1)c1cccc(C(=O)Nc2c(Br)cc(C(P)(C(F)(F)F)C(F)(F)F)cc2C(F)(F)F)c1F. The number of pyridine rings is 1. The molecule has 0 bridgehead atoms. The minimum atomic E-state index is -6.13. The van der Waals surface area contributed by atoms with Gasteiger partial charge < -0.3 is 5.32 Å². The molecule has 0 saturated heterocycles. The summed E-state index contributed by atoms with van der Waals surface area (Å²) in [6.45, 7) is -0.612. The molecule has 1 atom stereocenters. The van der Waals surface area contributed by atoms with Crippen LogP contribution in [0, 0.1) is 24.1 Å². The maximum Gasteiger partial charge on any atom is 0.418 e. The van der Waals surface area contributed by atoms with E-state index in [0.717, 1.165) is 36.5 Å². The lowest BCUT2D eigenvalue weighted by Crippen LogP contribution is -2.49. The predicted molar refractivity (Wildman–Crippen MR) is 142 cm³/mol. The molecule has 3 rings (SSSR count). The number of rotatable bonds is 6. The Balaban J connectivity index is 2.12. The molecule has 1 unspecified atom stereocenters. The van der Waals surface area contributed by atoms with Crippen molar-refractivity contribution in [2.45, 2.75) is 23.7 Å². The first kappa shape index (κ1) is 34.7. The number of terminal acetylenes is 1. The number of hydrogen-bond acceptors (Lipinski definition) is 3. The van der Waals surface area contributed by atoms with Crippen LogP contribution in [-0.2, 0) is 11.3 Å². The van der Waals surface area contributed by atoms with E-state index in [2.05, 4.69) is 26.8 Å². The number of benzene rings is 2. The van der Waals surface area contributed by atoms with E-state index < -0.39 is 92.4 Å². The lowest BCUT2D eigenvalue weighted by Gasteiger charge is -2.35. The third-order valence-electron chi connectivity index (χ3n) is 5.97. The van der Waals surface area contributed by atoms with E-state index in [0.29, 0.717) is 14.1 Å². The predicted octanol–water partition coefficient (Wildman–Crippen LogP) is 7.87. The number of nitrogens with one attached hydrogen (secondary N) is 1. The van der Waals surface area contributed by atoms with E-state index in [4.69, 9.17) is 6.42 Å². The zero-order valence-electron chi connectivity index (χ0n) is 21.2. The monoisotopic (exact) mass is 719 g/mol. The van der Waals surface area contributed by atoms with Gasteiger partial charge in [-0.3, -0.25) is 14.5 Å². The van der Waals surface area contributed by atoms with E-state index in [1.165, 1.54) is 0 Å². The van der Waals surface area contributed by atoms with Crippen LogP contribution in [0.3, 0.4) is 0 Å². The number of carbonyl (C=O) groups is 2. The van der Waals surface area contributed by atoms with Gasteiger partial charge in [-0.1, -0.05) is 12.0 Å². The molecule has 1 aromatic heterocycles. The molecular formula is C26H14BrF11N3O2P. The molecule has 0 radical (unpaired) electrons. The zero-order chi connectivity index (χ0) is 33.4. The van der Waals surface area contributed by atoms with Crippen LogP contribution in [0.25, 0.3) is 0 Å². The summed E-state index contributed by atoms with van der Waals surface area (Å²) in [6, 6.07) is 4.18. The number of carbonyl (C=O) groups excluding carboxylic acids is 2. The summed E-state index contributed by atoms with van der Waals surface area (Å²) in [6.07, 6.45) is -11.8. The van der Waals surface area contributed by atoms with Gasteiger partial charge in [0.2, 0.25) is 5.95 Å². The Labute approximate surface area is 251 Å². The maximum absolute atomic E-state index is 15.6. The third-order valence-corrected chi connectivity index (χ3v) is 7.58. The van der Waals surface area contributed by atoms with Crippen molar-refractivity contribution in [3.8, 4) is 12.3 Å². The van der Waals surface area contributed by atoms with E-state index in [1.807, 2.05) is 0 Å². The molecule has 5 nitrogen and oxygen atoms in total. The molecule has 2 aromatic carbocycles. The number of halogens is 12. The number of nitrogens with zero attached hydrogens (tertiary/aromatic N) is 2. The fourth-order valence-electron chi connectivity index (χ4n) is 3.77. The average molecular weight is 720 g/mol. The zero-order valence-corrected chi connectivity index (χ0v) is 24.0. The Bertz CT molecular complexity index is 1620. The van der Waals surface area contributed by atoms with Crippen molar-refractivity contribution in [2.24, 2.45) is 0 Å². The van der Waals surface area contributed by atoms with Gasteiger partial charge in [0.05, 0.1) is 34.6 Å². The molecule has 2 amide bonds. The molecule has 0 spiro atoms. The van der Waals surface area contributed by atoms with Crippen LogP contribution < -0.4 is 10.2 Å². The fraction of sp³-hybridized carbons (Fsp3) is 0.192. The summed E-state index contributed by atoms with van der Waals surface area (Å²) in [5.74, 6) is -3.03. The lowest BCUT2D eigenvalue weighted by molar-refractivity contribution is -0.269. The Hall–Kier alpha value is -3.77.